The summed E-state index contributed by atoms with van der Waals surface area (Å²) >= 11 is 0. The van der Waals surface area contributed by atoms with Crippen molar-refractivity contribution in [3.8, 4) is 0 Å². The molecule has 0 saturated heterocycles. The largest absolute Gasteiger partial charge is 0.326 e. The van der Waals surface area contributed by atoms with Crippen molar-refractivity contribution in [2.24, 2.45) is 0 Å². The molecule has 2 N–H and O–H groups in total. The molecule has 0 heterocycles. The molecular formula is C24H25N3O4S. The number of rotatable bonds is 7. The zero-order valence-corrected chi connectivity index (χ0v) is 18.9. The van der Waals surface area contributed by atoms with E-state index in [0.29, 0.717) is 17.1 Å². The van der Waals surface area contributed by atoms with Crippen LogP contribution in [-0.4, -0.2) is 26.8 Å². The minimum Gasteiger partial charge on any atom is -0.326 e. The van der Waals surface area contributed by atoms with Gasteiger partial charge in [0.05, 0.1) is 10.6 Å². The van der Waals surface area contributed by atoms with Crippen LogP contribution in [0.1, 0.15) is 18.1 Å². The lowest BCUT2D eigenvalue weighted by Crippen LogP contribution is -2.38. The zero-order chi connectivity index (χ0) is 23.3. The van der Waals surface area contributed by atoms with E-state index in [2.05, 4.69) is 10.6 Å². The second-order valence-corrected chi connectivity index (χ2v) is 9.34. The Morgan fingerprint density at radius 1 is 0.812 bits per heavy atom. The van der Waals surface area contributed by atoms with Crippen LogP contribution >= 0.6 is 0 Å². The van der Waals surface area contributed by atoms with E-state index in [1.165, 1.54) is 19.1 Å². The summed E-state index contributed by atoms with van der Waals surface area (Å²) in [6.07, 6.45) is 0. The van der Waals surface area contributed by atoms with Gasteiger partial charge in [-0.1, -0.05) is 35.9 Å². The Morgan fingerprint density at radius 2 is 1.44 bits per heavy atom. The lowest BCUT2D eigenvalue weighted by Gasteiger charge is -2.24. The lowest BCUT2D eigenvalue weighted by molar-refractivity contribution is -0.115. The van der Waals surface area contributed by atoms with Crippen molar-refractivity contribution < 1.29 is 18.0 Å². The van der Waals surface area contributed by atoms with Gasteiger partial charge in [0.15, 0.2) is 0 Å². The number of hydrogen-bond donors (Lipinski definition) is 2. The predicted molar refractivity (Wildman–Crippen MR) is 126 cm³/mol. The molecule has 7 nitrogen and oxygen atoms in total. The molecule has 0 spiro atoms. The summed E-state index contributed by atoms with van der Waals surface area (Å²) in [6.45, 7) is 4.70. The van der Waals surface area contributed by atoms with Gasteiger partial charge >= 0.3 is 0 Å². The number of carbonyl (C=O) groups excluding carboxylic acids is 2. The predicted octanol–water partition coefficient (Wildman–Crippen LogP) is 4.10. The summed E-state index contributed by atoms with van der Waals surface area (Å²) in [4.78, 5) is 24.2. The van der Waals surface area contributed by atoms with Crippen LogP contribution in [-0.2, 0) is 19.6 Å². The molecule has 0 aliphatic heterocycles. The molecule has 0 atom stereocenters. The number of hydrogen-bond acceptors (Lipinski definition) is 4. The molecular weight excluding hydrogens is 426 g/mol. The van der Waals surface area contributed by atoms with Crippen molar-refractivity contribution in [2.75, 3.05) is 21.5 Å². The molecule has 0 radical (unpaired) electrons. The molecule has 32 heavy (non-hydrogen) atoms. The number of aryl methyl sites for hydroxylation is 2. The Bertz CT molecular complexity index is 1240. The molecule has 0 aliphatic rings. The molecule has 166 valence electrons. The zero-order valence-electron chi connectivity index (χ0n) is 18.1. The van der Waals surface area contributed by atoms with Gasteiger partial charge in [-0.05, 0) is 61.9 Å². The maximum atomic E-state index is 13.4. The Morgan fingerprint density at radius 3 is 2.06 bits per heavy atom. The average molecular weight is 452 g/mol. The monoisotopic (exact) mass is 451 g/mol. The highest BCUT2D eigenvalue weighted by Gasteiger charge is 2.27. The fourth-order valence-electron chi connectivity index (χ4n) is 3.14. The summed E-state index contributed by atoms with van der Waals surface area (Å²) < 4.78 is 27.9. The fraction of sp³-hybridized carbons (Fsp3) is 0.167. The van der Waals surface area contributed by atoms with E-state index in [-0.39, 0.29) is 10.8 Å². The second-order valence-electron chi connectivity index (χ2n) is 7.47. The molecule has 2 amide bonds. The van der Waals surface area contributed by atoms with Crippen molar-refractivity contribution in [1.82, 2.24) is 0 Å². The molecule has 8 heteroatoms. The quantitative estimate of drug-likeness (QED) is 0.565. The molecule has 3 aromatic rings. The van der Waals surface area contributed by atoms with E-state index < -0.39 is 22.5 Å². The summed E-state index contributed by atoms with van der Waals surface area (Å²) in [7, 11) is -3.98. The van der Waals surface area contributed by atoms with Crippen LogP contribution in [0.2, 0.25) is 0 Å². The Kier molecular flexibility index (Phi) is 6.95. The van der Waals surface area contributed by atoms with Crippen molar-refractivity contribution in [3.63, 3.8) is 0 Å². The standard InChI is InChI=1S/C24H25N3O4S/c1-17-10-12-23(13-11-17)32(30,31)27(22-9-4-6-18(2)14-22)16-24(29)26-21-8-5-7-20(15-21)25-19(3)28/h4-15H,16H2,1-3H3,(H,25,28)(H,26,29). The normalized spacial score (nSPS) is 11.0. The third-order valence-electron chi connectivity index (χ3n) is 4.65. The number of benzene rings is 3. The van der Waals surface area contributed by atoms with Gasteiger partial charge < -0.3 is 10.6 Å². The van der Waals surface area contributed by atoms with Crippen LogP contribution in [0.15, 0.2) is 77.7 Å². The van der Waals surface area contributed by atoms with E-state index in [1.807, 2.05) is 19.9 Å². The molecule has 0 unspecified atom stereocenters. The first kappa shape index (κ1) is 23.0. The van der Waals surface area contributed by atoms with Crippen LogP contribution in [0.3, 0.4) is 0 Å². The first-order valence-corrected chi connectivity index (χ1v) is 11.4. The number of nitrogens with zero attached hydrogens (tertiary/aromatic N) is 1. The third kappa shape index (κ3) is 5.73. The second kappa shape index (κ2) is 9.65. The first-order chi connectivity index (χ1) is 15.1. The number of carbonyl (C=O) groups is 2. The summed E-state index contributed by atoms with van der Waals surface area (Å²) in [5, 5.41) is 5.35. The van der Waals surface area contributed by atoms with Gasteiger partial charge in [0.25, 0.3) is 10.0 Å². The van der Waals surface area contributed by atoms with Gasteiger partial charge in [-0.3, -0.25) is 13.9 Å². The van der Waals surface area contributed by atoms with Crippen LogP contribution < -0.4 is 14.9 Å². The first-order valence-electron chi connectivity index (χ1n) is 9.99. The molecule has 0 aliphatic carbocycles. The molecule has 0 saturated carbocycles. The molecule has 3 aromatic carbocycles. The molecule has 3 rings (SSSR count). The van der Waals surface area contributed by atoms with Crippen LogP contribution in [0, 0.1) is 13.8 Å². The summed E-state index contributed by atoms with van der Waals surface area (Å²) in [5.74, 6) is -0.745. The summed E-state index contributed by atoms with van der Waals surface area (Å²) in [5.41, 5.74) is 3.17. The number of sulfonamides is 1. The minimum absolute atomic E-state index is 0.102. The Balaban J connectivity index is 1.90. The minimum atomic E-state index is -3.98. The van der Waals surface area contributed by atoms with Crippen LogP contribution in [0.25, 0.3) is 0 Å². The maximum absolute atomic E-state index is 13.4. The molecule has 0 fully saturated rings. The van der Waals surface area contributed by atoms with Gasteiger partial charge in [-0.15, -0.1) is 0 Å². The number of anilines is 3. The third-order valence-corrected chi connectivity index (χ3v) is 6.44. The van der Waals surface area contributed by atoms with Gasteiger partial charge in [0.2, 0.25) is 11.8 Å². The van der Waals surface area contributed by atoms with Gasteiger partial charge in [-0.25, -0.2) is 8.42 Å². The van der Waals surface area contributed by atoms with Crippen molar-refractivity contribution in [3.05, 3.63) is 83.9 Å². The lowest BCUT2D eigenvalue weighted by atomic mass is 10.2. The van der Waals surface area contributed by atoms with E-state index in [9.17, 15) is 18.0 Å². The topological polar surface area (TPSA) is 95.6 Å². The highest BCUT2D eigenvalue weighted by Crippen LogP contribution is 2.25. The Hall–Kier alpha value is -3.65. The Labute approximate surface area is 188 Å². The molecule has 0 aromatic heterocycles. The number of nitrogens with one attached hydrogen (secondary N) is 2. The van der Waals surface area contributed by atoms with Crippen molar-refractivity contribution >= 4 is 38.9 Å². The fourth-order valence-corrected chi connectivity index (χ4v) is 4.56. The highest BCUT2D eigenvalue weighted by atomic mass is 32.2. The van der Waals surface area contributed by atoms with E-state index in [1.54, 1.807) is 54.6 Å². The van der Waals surface area contributed by atoms with Crippen LogP contribution in [0.5, 0.6) is 0 Å². The average Bonchev–Trinajstić information content (AvgIpc) is 2.72. The number of amides is 2. The SMILES string of the molecule is CC(=O)Nc1cccc(NC(=O)CN(c2cccc(C)c2)S(=O)(=O)c2ccc(C)cc2)c1. The van der Waals surface area contributed by atoms with Gasteiger partial charge in [0, 0.05) is 18.3 Å². The van der Waals surface area contributed by atoms with Crippen LogP contribution in [0.4, 0.5) is 17.1 Å². The van der Waals surface area contributed by atoms with Crippen molar-refractivity contribution in [1.29, 1.82) is 0 Å². The van der Waals surface area contributed by atoms with E-state index in [0.717, 1.165) is 15.4 Å². The van der Waals surface area contributed by atoms with Gasteiger partial charge in [0.1, 0.15) is 6.54 Å². The maximum Gasteiger partial charge on any atom is 0.264 e. The van der Waals surface area contributed by atoms with Gasteiger partial charge in [-0.2, -0.15) is 0 Å². The molecule has 0 bridgehead atoms. The van der Waals surface area contributed by atoms with Crippen molar-refractivity contribution in [2.45, 2.75) is 25.7 Å². The van der Waals surface area contributed by atoms with E-state index >= 15 is 0 Å². The highest BCUT2D eigenvalue weighted by molar-refractivity contribution is 7.92. The smallest absolute Gasteiger partial charge is 0.264 e. The van der Waals surface area contributed by atoms with E-state index in [4.69, 9.17) is 0 Å². The summed E-state index contributed by atoms with van der Waals surface area (Å²) in [6, 6.07) is 20.1.